The molecule has 18 heavy (non-hydrogen) atoms. The molecule has 96 valence electrons. The molecule has 3 nitrogen and oxygen atoms in total. The highest BCUT2D eigenvalue weighted by atomic mass is 35.5. The first kappa shape index (κ1) is 13.5. The van der Waals surface area contributed by atoms with Crippen LogP contribution < -0.4 is 0 Å². The zero-order chi connectivity index (χ0) is 12.8. The molecule has 0 aromatic carbocycles. The van der Waals surface area contributed by atoms with Crippen LogP contribution in [0.4, 0.5) is 0 Å². The van der Waals surface area contributed by atoms with Crippen molar-refractivity contribution in [3.05, 3.63) is 46.2 Å². The highest BCUT2D eigenvalue weighted by Gasteiger charge is 2.08. The number of halogens is 1. The second kappa shape index (κ2) is 6.83. The van der Waals surface area contributed by atoms with Crippen molar-refractivity contribution in [3.63, 3.8) is 0 Å². The Morgan fingerprint density at radius 3 is 2.78 bits per heavy atom. The molecule has 0 fully saturated rings. The number of thiazole rings is 1. The fourth-order valence-corrected chi connectivity index (χ4v) is 2.74. The summed E-state index contributed by atoms with van der Waals surface area (Å²) in [7, 11) is 0. The van der Waals surface area contributed by atoms with E-state index in [4.69, 9.17) is 11.6 Å². The van der Waals surface area contributed by atoms with Crippen molar-refractivity contribution in [3.8, 4) is 0 Å². The van der Waals surface area contributed by atoms with Gasteiger partial charge >= 0.3 is 0 Å². The molecule has 2 aromatic rings. The van der Waals surface area contributed by atoms with E-state index < -0.39 is 0 Å². The minimum Gasteiger partial charge on any atom is -0.291 e. The minimum atomic E-state index is 0.489. The Balaban J connectivity index is 1.97. The number of aromatic nitrogens is 2. The topological polar surface area (TPSA) is 29.0 Å². The summed E-state index contributed by atoms with van der Waals surface area (Å²) in [4.78, 5) is 11.2. The van der Waals surface area contributed by atoms with Crippen molar-refractivity contribution in [1.29, 1.82) is 0 Å². The summed E-state index contributed by atoms with van der Waals surface area (Å²) >= 11 is 7.43. The van der Waals surface area contributed by atoms with E-state index in [1.165, 1.54) is 0 Å². The third kappa shape index (κ3) is 3.77. The van der Waals surface area contributed by atoms with Gasteiger partial charge in [0.25, 0.3) is 0 Å². The predicted octanol–water partition coefficient (Wildman–Crippen LogP) is 3.30. The molecule has 0 unspecified atom stereocenters. The van der Waals surface area contributed by atoms with Crippen LogP contribution in [0.15, 0.2) is 29.8 Å². The SMILES string of the molecule is CCN(Cc1ccccn1)Cc1nc(CCl)cs1. The van der Waals surface area contributed by atoms with Gasteiger partial charge in [-0.1, -0.05) is 13.0 Å². The van der Waals surface area contributed by atoms with Gasteiger partial charge in [-0.25, -0.2) is 4.98 Å². The fourth-order valence-electron chi connectivity index (χ4n) is 1.67. The van der Waals surface area contributed by atoms with Gasteiger partial charge < -0.3 is 0 Å². The molecule has 0 N–H and O–H groups in total. The van der Waals surface area contributed by atoms with E-state index in [2.05, 4.69) is 27.9 Å². The average Bonchev–Trinajstić information content (AvgIpc) is 2.87. The third-order valence-corrected chi connectivity index (χ3v) is 3.81. The lowest BCUT2D eigenvalue weighted by atomic mass is 10.3. The van der Waals surface area contributed by atoms with Crippen LogP contribution in [0.2, 0.25) is 0 Å². The lowest BCUT2D eigenvalue weighted by Crippen LogP contribution is -2.22. The number of hydrogen-bond donors (Lipinski definition) is 0. The van der Waals surface area contributed by atoms with Gasteiger partial charge in [-0.2, -0.15) is 0 Å². The lowest BCUT2D eigenvalue weighted by Gasteiger charge is -2.18. The number of nitrogens with zero attached hydrogens (tertiary/aromatic N) is 3. The molecule has 2 heterocycles. The minimum absolute atomic E-state index is 0.489. The molecule has 2 rings (SSSR count). The van der Waals surface area contributed by atoms with Crippen LogP contribution in [0.25, 0.3) is 0 Å². The molecule has 0 aliphatic carbocycles. The Morgan fingerprint density at radius 2 is 2.17 bits per heavy atom. The number of alkyl halides is 1. The van der Waals surface area contributed by atoms with Crippen molar-refractivity contribution < 1.29 is 0 Å². The smallest absolute Gasteiger partial charge is 0.107 e. The van der Waals surface area contributed by atoms with Gasteiger partial charge in [0.15, 0.2) is 0 Å². The van der Waals surface area contributed by atoms with Gasteiger partial charge in [-0.05, 0) is 18.7 Å². The summed E-state index contributed by atoms with van der Waals surface area (Å²) in [6, 6.07) is 6.01. The molecule has 0 bridgehead atoms. The first-order chi connectivity index (χ1) is 8.81. The second-order valence-corrected chi connectivity index (χ2v) is 5.20. The summed E-state index contributed by atoms with van der Waals surface area (Å²) in [6.07, 6.45) is 1.83. The molecule has 0 atom stereocenters. The van der Waals surface area contributed by atoms with E-state index in [0.29, 0.717) is 5.88 Å². The van der Waals surface area contributed by atoms with Crippen molar-refractivity contribution in [2.45, 2.75) is 25.9 Å². The zero-order valence-corrected chi connectivity index (χ0v) is 11.9. The van der Waals surface area contributed by atoms with E-state index in [1.807, 2.05) is 23.7 Å². The van der Waals surface area contributed by atoms with Gasteiger partial charge in [0.1, 0.15) is 5.01 Å². The standard InChI is InChI=1S/C13H16ClN3S/c1-2-17(8-11-5-3-4-6-15-11)9-13-16-12(7-14)10-18-13/h3-6,10H,2,7-9H2,1H3. The number of rotatable bonds is 6. The van der Waals surface area contributed by atoms with Crippen LogP contribution in [0, 0.1) is 0 Å². The molecule has 0 spiro atoms. The zero-order valence-electron chi connectivity index (χ0n) is 10.3. The van der Waals surface area contributed by atoms with Crippen molar-refractivity contribution in [1.82, 2.24) is 14.9 Å². The Kier molecular flexibility index (Phi) is 5.11. The van der Waals surface area contributed by atoms with E-state index in [-0.39, 0.29) is 0 Å². The van der Waals surface area contributed by atoms with E-state index in [9.17, 15) is 0 Å². The number of pyridine rings is 1. The van der Waals surface area contributed by atoms with E-state index in [1.54, 1.807) is 11.3 Å². The molecule has 0 aliphatic rings. The normalized spacial score (nSPS) is 11.1. The Bertz CT molecular complexity index is 472. The maximum Gasteiger partial charge on any atom is 0.107 e. The summed E-state index contributed by atoms with van der Waals surface area (Å²) < 4.78 is 0. The average molecular weight is 282 g/mol. The van der Waals surface area contributed by atoms with Crippen LogP contribution >= 0.6 is 22.9 Å². The molecule has 0 amide bonds. The maximum absolute atomic E-state index is 5.76. The van der Waals surface area contributed by atoms with Gasteiger partial charge in [-0.15, -0.1) is 22.9 Å². The summed E-state index contributed by atoms with van der Waals surface area (Å²) in [6.45, 7) is 4.84. The van der Waals surface area contributed by atoms with Crippen molar-refractivity contribution >= 4 is 22.9 Å². The van der Waals surface area contributed by atoms with Crippen molar-refractivity contribution in [2.24, 2.45) is 0 Å². The Hall–Kier alpha value is -0.970. The van der Waals surface area contributed by atoms with Crippen molar-refractivity contribution in [2.75, 3.05) is 6.54 Å². The van der Waals surface area contributed by atoms with Gasteiger partial charge in [0, 0.05) is 18.1 Å². The first-order valence-electron chi connectivity index (χ1n) is 5.93. The Labute approximate surface area is 116 Å². The molecule has 0 radical (unpaired) electrons. The van der Waals surface area contributed by atoms with Crippen LogP contribution in [0.5, 0.6) is 0 Å². The van der Waals surface area contributed by atoms with Crippen LogP contribution in [0.3, 0.4) is 0 Å². The van der Waals surface area contributed by atoms with Gasteiger partial charge in [0.05, 0.1) is 23.8 Å². The second-order valence-electron chi connectivity index (χ2n) is 3.99. The van der Waals surface area contributed by atoms with E-state index >= 15 is 0 Å². The molecule has 2 aromatic heterocycles. The molecule has 0 saturated carbocycles. The molecule has 5 heteroatoms. The Morgan fingerprint density at radius 1 is 1.28 bits per heavy atom. The maximum atomic E-state index is 5.76. The van der Waals surface area contributed by atoms with Gasteiger partial charge in [-0.3, -0.25) is 9.88 Å². The quantitative estimate of drug-likeness (QED) is 0.761. The summed E-state index contributed by atoms with van der Waals surface area (Å²) in [5.74, 6) is 0.489. The largest absolute Gasteiger partial charge is 0.291 e. The van der Waals surface area contributed by atoms with Crippen LogP contribution in [0.1, 0.15) is 23.3 Å². The monoisotopic (exact) mass is 281 g/mol. The van der Waals surface area contributed by atoms with Crippen LogP contribution in [-0.2, 0) is 19.0 Å². The lowest BCUT2D eigenvalue weighted by molar-refractivity contribution is 0.267. The fraction of sp³-hybridized carbons (Fsp3) is 0.385. The molecule has 0 aliphatic heterocycles. The van der Waals surface area contributed by atoms with Gasteiger partial charge in [0.2, 0.25) is 0 Å². The number of hydrogen-bond acceptors (Lipinski definition) is 4. The van der Waals surface area contributed by atoms with E-state index in [0.717, 1.165) is 36.0 Å². The molecular weight excluding hydrogens is 266 g/mol. The highest BCUT2D eigenvalue weighted by Crippen LogP contribution is 2.15. The summed E-state index contributed by atoms with van der Waals surface area (Å²) in [5.41, 5.74) is 2.05. The molecular formula is C13H16ClN3S. The molecule has 0 saturated heterocycles. The highest BCUT2D eigenvalue weighted by molar-refractivity contribution is 7.09. The van der Waals surface area contributed by atoms with Crippen LogP contribution in [-0.4, -0.2) is 21.4 Å². The third-order valence-electron chi connectivity index (χ3n) is 2.65. The predicted molar refractivity (Wildman–Crippen MR) is 75.7 cm³/mol. The first-order valence-corrected chi connectivity index (χ1v) is 7.34. The summed E-state index contributed by atoms with van der Waals surface area (Å²) in [5, 5.41) is 3.14.